The van der Waals surface area contributed by atoms with Crippen molar-refractivity contribution < 1.29 is 9.53 Å². The average molecular weight is 345 g/mol. The molecule has 1 atom stereocenters. The largest absolute Gasteiger partial charge is 0.491 e. The van der Waals surface area contributed by atoms with Crippen LogP contribution in [0.4, 0.5) is 0 Å². The lowest BCUT2D eigenvalue weighted by Crippen LogP contribution is -2.43. The second-order valence-electron chi connectivity index (χ2n) is 6.16. The van der Waals surface area contributed by atoms with E-state index in [-0.39, 0.29) is 29.8 Å². The minimum Gasteiger partial charge on any atom is -0.491 e. The summed E-state index contributed by atoms with van der Waals surface area (Å²) >= 11 is 1.75. The summed E-state index contributed by atoms with van der Waals surface area (Å²) in [4.78, 5) is 11.8. The van der Waals surface area contributed by atoms with Gasteiger partial charge >= 0.3 is 0 Å². The summed E-state index contributed by atoms with van der Waals surface area (Å²) in [6.07, 6.45) is 0. The zero-order valence-electron chi connectivity index (χ0n) is 13.3. The Kier molecular flexibility index (Phi) is 7.53. The number of thioether (sulfide) groups is 1. The molecule has 6 heteroatoms. The lowest BCUT2D eigenvalue weighted by Gasteiger charge is -2.22. The van der Waals surface area contributed by atoms with E-state index in [0.29, 0.717) is 13.2 Å². The highest BCUT2D eigenvalue weighted by Crippen LogP contribution is 2.30. The maximum Gasteiger partial charge on any atom is 0.238 e. The van der Waals surface area contributed by atoms with Crippen LogP contribution in [0.3, 0.4) is 0 Å². The fraction of sp³-hybridized carbons (Fsp3) is 0.562. The molecular formula is C16H25ClN2O2S. The van der Waals surface area contributed by atoms with Crippen LogP contribution in [0.5, 0.6) is 5.75 Å². The third kappa shape index (κ3) is 5.38. The van der Waals surface area contributed by atoms with Crippen molar-refractivity contribution in [3.63, 3.8) is 0 Å². The van der Waals surface area contributed by atoms with Crippen molar-refractivity contribution in [2.24, 2.45) is 0 Å². The molecule has 0 saturated carbocycles. The highest BCUT2D eigenvalue weighted by Gasteiger charge is 2.22. The fourth-order valence-corrected chi connectivity index (χ4v) is 3.18. The number of benzene rings is 1. The minimum atomic E-state index is -0.0585. The van der Waals surface area contributed by atoms with Gasteiger partial charge in [0.2, 0.25) is 5.91 Å². The number of carbonyl (C=O) groups is 1. The van der Waals surface area contributed by atoms with Crippen molar-refractivity contribution in [2.45, 2.75) is 32.2 Å². The van der Waals surface area contributed by atoms with Crippen LogP contribution in [-0.2, 0) is 10.2 Å². The quantitative estimate of drug-likeness (QED) is 0.806. The first kappa shape index (κ1) is 19.1. The number of rotatable bonds is 5. The Morgan fingerprint density at radius 2 is 2.14 bits per heavy atom. The molecule has 4 nitrogen and oxygen atoms in total. The van der Waals surface area contributed by atoms with Crippen LogP contribution in [0.2, 0.25) is 0 Å². The van der Waals surface area contributed by atoms with Crippen molar-refractivity contribution >= 4 is 30.1 Å². The molecule has 1 unspecified atom stereocenters. The molecule has 1 aliphatic rings. The number of para-hydroxylation sites is 1. The van der Waals surface area contributed by atoms with E-state index in [2.05, 4.69) is 37.5 Å². The van der Waals surface area contributed by atoms with E-state index in [4.69, 9.17) is 4.74 Å². The summed E-state index contributed by atoms with van der Waals surface area (Å²) in [7, 11) is 0. The molecule has 1 aromatic rings. The van der Waals surface area contributed by atoms with Gasteiger partial charge in [0.05, 0.1) is 12.6 Å². The first-order chi connectivity index (χ1) is 9.98. The molecular weight excluding hydrogens is 320 g/mol. The molecule has 1 amide bonds. The molecule has 0 aromatic heterocycles. The van der Waals surface area contributed by atoms with E-state index >= 15 is 0 Å². The van der Waals surface area contributed by atoms with Crippen LogP contribution in [-0.4, -0.2) is 36.7 Å². The molecule has 1 heterocycles. The van der Waals surface area contributed by atoms with Gasteiger partial charge in [-0.1, -0.05) is 39.0 Å². The van der Waals surface area contributed by atoms with E-state index in [1.54, 1.807) is 11.8 Å². The molecule has 1 saturated heterocycles. The summed E-state index contributed by atoms with van der Waals surface area (Å²) in [6.45, 7) is 7.51. The van der Waals surface area contributed by atoms with Crippen molar-refractivity contribution in [3.8, 4) is 5.75 Å². The Morgan fingerprint density at radius 1 is 1.41 bits per heavy atom. The van der Waals surface area contributed by atoms with Crippen molar-refractivity contribution in [1.82, 2.24) is 10.6 Å². The highest BCUT2D eigenvalue weighted by molar-refractivity contribution is 7.99. The molecule has 2 N–H and O–H groups in total. The topological polar surface area (TPSA) is 50.4 Å². The van der Waals surface area contributed by atoms with E-state index in [1.165, 1.54) is 5.56 Å². The third-order valence-electron chi connectivity index (χ3n) is 3.39. The Hall–Kier alpha value is -0.910. The van der Waals surface area contributed by atoms with E-state index in [0.717, 1.165) is 17.4 Å². The molecule has 0 aliphatic carbocycles. The second-order valence-corrected chi connectivity index (χ2v) is 7.19. The summed E-state index contributed by atoms with van der Waals surface area (Å²) in [5.41, 5.74) is 1.23. The number of amides is 1. The van der Waals surface area contributed by atoms with Crippen LogP contribution in [0.15, 0.2) is 24.3 Å². The standard InChI is InChI=1S/C16H24N2O2S.ClH/c1-16(2,3)12-6-4-5-7-14(12)20-9-8-17-15(19)13-10-21-11-18-13;/h4-7,13,18H,8-11H2,1-3H3,(H,17,19);1H. The maximum atomic E-state index is 11.8. The second kappa shape index (κ2) is 8.65. The van der Waals surface area contributed by atoms with Gasteiger partial charge in [-0.2, -0.15) is 0 Å². The lowest BCUT2D eigenvalue weighted by molar-refractivity contribution is -0.122. The number of hydrogen-bond acceptors (Lipinski definition) is 4. The Bertz CT molecular complexity index is 485. The minimum absolute atomic E-state index is 0. The number of nitrogens with one attached hydrogen (secondary N) is 2. The molecule has 0 radical (unpaired) electrons. The number of carbonyl (C=O) groups excluding carboxylic acids is 1. The van der Waals surface area contributed by atoms with E-state index < -0.39 is 0 Å². The molecule has 124 valence electrons. The van der Waals surface area contributed by atoms with Crippen molar-refractivity contribution in [1.29, 1.82) is 0 Å². The van der Waals surface area contributed by atoms with Gasteiger partial charge in [-0.3, -0.25) is 10.1 Å². The maximum absolute atomic E-state index is 11.8. The third-order valence-corrected chi connectivity index (χ3v) is 4.33. The lowest BCUT2D eigenvalue weighted by atomic mass is 9.86. The zero-order chi connectivity index (χ0) is 15.3. The number of halogens is 1. The molecule has 2 rings (SSSR count). The van der Waals surface area contributed by atoms with Gasteiger partial charge in [-0.05, 0) is 17.0 Å². The average Bonchev–Trinajstić information content (AvgIpc) is 2.97. The van der Waals surface area contributed by atoms with Gasteiger partial charge in [-0.15, -0.1) is 24.2 Å². The monoisotopic (exact) mass is 344 g/mol. The van der Waals surface area contributed by atoms with Crippen molar-refractivity contribution in [3.05, 3.63) is 29.8 Å². The van der Waals surface area contributed by atoms with Gasteiger partial charge in [0.1, 0.15) is 12.4 Å². The number of hydrogen-bond donors (Lipinski definition) is 2. The molecule has 22 heavy (non-hydrogen) atoms. The summed E-state index contributed by atoms with van der Waals surface area (Å²) in [6, 6.07) is 8.02. The van der Waals surface area contributed by atoms with Gasteiger partial charge in [-0.25, -0.2) is 0 Å². The highest BCUT2D eigenvalue weighted by atomic mass is 35.5. The van der Waals surface area contributed by atoms with Gasteiger partial charge in [0.15, 0.2) is 0 Å². The fourth-order valence-electron chi connectivity index (χ4n) is 2.23. The Morgan fingerprint density at radius 3 is 2.77 bits per heavy atom. The van der Waals surface area contributed by atoms with Crippen LogP contribution in [0.25, 0.3) is 0 Å². The summed E-state index contributed by atoms with van der Waals surface area (Å²) in [5.74, 6) is 2.66. The van der Waals surface area contributed by atoms with Gasteiger partial charge in [0, 0.05) is 11.6 Å². The summed E-state index contributed by atoms with van der Waals surface area (Å²) < 4.78 is 5.84. The molecule has 1 aliphatic heterocycles. The molecule has 0 spiro atoms. The predicted molar refractivity (Wildman–Crippen MR) is 95.1 cm³/mol. The van der Waals surface area contributed by atoms with Gasteiger partial charge in [0.25, 0.3) is 0 Å². The van der Waals surface area contributed by atoms with Crippen LogP contribution < -0.4 is 15.4 Å². The normalized spacial score (nSPS) is 17.7. The first-order valence-electron chi connectivity index (χ1n) is 7.29. The van der Waals surface area contributed by atoms with E-state index in [1.807, 2.05) is 18.2 Å². The smallest absolute Gasteiger partial charge is 0.238 e. The van der Waals surface area contributed by atoms with E-state index in [9.17, 15) is 4.79 Å². The molecule has 1 fully saturated rings. The van der Waals surface area contributed by atoms with Gasteiger partial charge < -0.3 is 10.1 Å². The molecule has 0 bridgehead atoms. The van der Waals surface area contributed by atoms with Crippen LogP contribution in [0.1, 0.15) is 26.3 Å². The Labute approximate surface area is 143 Å². The van der Waals surface area contributed by atoms with Crippen LogP contribution in [0, 0.1) is 0 Å². The van der Waals surface area contributed by atoms with Crippen LogP contribution >= 0.6 is 24.2 Å². The Balaban J connectivity index is 0.00000242. The first-order valence-corrected chi connectivity index (χ1v) is 8.45. The summed E-state index contributed by atoms with van der Waals surface area (Å²) in [5, 5.41) is 6.07. The predicted octanol–water partition coefficient (Wildman–Crippen LogP) is 2.56. The number of ether oxygens (including phenoxy) is 1. The van der Waals surface area contributed by atoms with Crippen molar-refractivity contribution in [2.75, 3.05) is 24.8 Å². The molecule has 1 aromatic carbocycles. The zero-order valence-corrected chi connectivity index (χ0v) is 15.0. The SMILES string of the molecule is CC(C)(C)c1ccccc1OCCNC(=O)C1CSCN1.Cl.